The number of hydrogen-bond acceptors (Lipinski definition) is 7. The first-order valence-corrected chi connectivity index (χ1v) is 11.2. The lowest BCUT2D eigenvalue weighted by atomic mass is 9.99. The Labute approximate surface area is 181 Å². The molecule has 2 aromatic rings. The van der Waals surface area contributed by atoms with Gasteiger partial charge < -0.3 is 18.9 Å². The predicted molar refractivity (Wildman–Crippen MR) is 119 cm³/mol. The maximum atomic E-state index is 13.2. The fourth-order valence-corrected chi connectivity index (χ4v) is 4.84. The SMILES string of the molecule is COc1ccc(OC)c(/C=C2\CS(=O)(=O)C/C(=C/c3cc(OC)ccc3OC)C2=O)c1. The van der Waals surface area contributed by atoms with Crippen molar-refractivity contribution in [3.8, 4) is 23.0 Å². The molecule has 8 heteroatoms. The third-order valence-electron chi connectivity index (χ3n) is 4.87. The highest BCUT2D eigenvalue weighted by molar-refractivity contribution is 7.92. The van der Waals surface area contributed by atoms with E-state index in [9.17, 15) is 13.2 Å². The summed E-state index contributed by atoms with van der Waals surface area (Å²) in [5.41, 5.74) is 1.43. The second-order valence-corrected chi connectivity index (χ2v) is 8.98. The van der Waals surface area contributed by atoms with Crippen LogP contribution in [-0.4, -0.2) is 54.1 Å². The standard InChI is InChI=1S/C23H24O7S/c1-27-19-5-7-21(29-3)15(11-19)9-17-13-31(25,26)14-18(23(17)24)10-16-12-20(28-2)6-8-22(16)30-4/h5-12H,13-14H2,1-4H3/b17-9-,18-10+. The average Bonchev–Trinajstić information content (AvgIpc) is 2.76. The zero-order chi connectivity index (χ0) is 22.6. The van der Waals surface area contributed by atoms with Crippen LogP contribution in [-0.2, 0) is 14.6 Å². The van der Waals surface area contributed by atoms with Gasteiger partial charge >= 0.3 is 0 Å². The van der Waals surface area contributed by atoms with Gasteiger partial charge in [-0.15, -0.1) is 0 Å². The Balaban J connectivity index is 2.10. The number of ether oxygens (including phenoxy) is 4. The Morgan fingerprint density at radius 3 is 1.48 bits per heavy atom. The number of hydrogen-bond donors (Lipinski definition) is 0. The molecule has 0 aliphatic carbocycles. The number of sulfone groups is 1. The number of ketones is 1. The summed E-state index contributed by atoms with van der Waals surface area (Å²) in [6.07, 6.45) is 3.08. The van der Waals surface area contributed by atoms with E-state index in [0.717, 1.165) is 0 Å². The Kier molecular flexibility index (Phi) is 6.70. The van der Waals surface area contributed by atoms with Gasteiger partial charge in [-0.1, -0.05) is 0 Å². The summed E-state index contributed by atoms with van der Waals surface area (Å²) in [5, 5.41) is 0. The first-order chi connectivity index (χ1) is 14.8. The van der Waals surface area contributed by atoms with Gasteiger partial charge in [-0.3, -0.25) is 4.79 Å². The van der Waals surface area contributed by atoms with Crippen LogP contribution in [0.3, 0.4) is 0 Å². The van der Waals surface area contributed by atoms with Crippen molar-refractivity contribution in [3.63, 3.8) is 0 Å². The van der Waals surface area contributed by atoms with Crippen molar-refractivity contribution in [2.75, 3.05) is 39.9 Å². The van der Waals surface area contributed by atoms with Crippen LogP contribution in [0.4, 0.5) is 0 Å². The van der Waals surface area contributed by atoms with Crippen molar-refractivity contribution in [1.82, 2.24) is 0 Å². The van der Waals surface area contributed by atoms with Crippen LogP contribution in [0.15, 0.2) is 47.5 Å². The van der Waals surface area contributed by atoms with E-state index < -0.39 is 9.84 Å². The van der Waals surface area contributed by atoms with Crippen LogP contribution in [0, 0.1) is 0 Å². The molecule has 0 amide bonds. The van der Waals surface area contributed by atoms with Gasteiger partial charge in [0.2, 0.25) is 0 Å². The molecule has 1 fully saturated rings. The van der Waals surface area contributed by atoms with E-state index in [1.165, 1.54) is 40.6 Å². The molecule has 0 N–H and O–H groups in total. The number of Topliss-reactive ketones (excluding diaryl/α,β-unsaturated/α-hetero) is 1. The highest BCUT2D eigenvalue weighted by Gasteiger charge is 2.31. The molecule has 1 aliphatic heterocycles. The molecular weight excluding hydrogens is 420 g/mol. The van der Waals surface area contributed by atoms with Crippen molar-refractivity contribution >= 4 is 27.8 Å². The largest absolute Gasteiger partial charge is 0.497 e. The fourth-order valence-electron chi connectivity index (χ4n) is 3.36. The number of benzene rings is 2. The zero-order valence-electron chi connectivity index (χ0n) is 17.8. The molecule has 2 aromatic carbocycles. The smallest absolute Gasteiger partial charge is 0.187 e. The molecule has 0 bridgehead atoms. The second-order valence-electron chi connectivity index (χ2n) is 6.92. The summed E-state index contributed by atoms with van der Waals surface area (Å²) in [7, 11) is 2.53. The van der Waals surface area contributed by atoms with Crippen LogP contribution in [0.1, 0.15) is 11.1 Å². The third-order valence-corrected chi connectivity index (χ3v) is 6.37. The topological polar surface area (TPSA) is 88.1 Å². The van der Waals surface area contributed by atoms with E-state index in [4.69, 9.17) is 18.9 Å². The molecule has 0 spiro atoms. The Morgan fingerprint density at radius 2 is 1.13 bits per heavy atom. The van der Waals surface area contributed by atoms with Gasteiger partial charge in [-0.2, -0.15) is 0 Å². The number of carbonyl (C=O) groups excluding carboxylic acids is 1. The Hall–Kier alpha value is -3.26. The molecule has 0 saturated carbocycles. The first kappa shape index (κ1) is 22.4. The molecule has 0 unspecified atom stereocenters. The van der Waals surface area contributed by atoms with Crippen molar-refractivity contribution in [2.24, 2.45) is 0 Å². The summed E-state index contributed by atoms with van der Waals surface area (Å²) in [6.45, 7) is 0. The average molecular weight is 445 g/mol. The summed E-state index contributed by atoms with van der Waals surface area (Å²) >= 11 is 0. The van der Waals surface area contributed by atoms with E-state index >= 15 is 0 Å². The number of carbonyl (C=O) groups is 1. The maximum Gasteiger partial charge on any atom is 0.187 e. The minimum Gasteiger partial charge on any atom is -0.497 e. The molecule has 3 rings (SSSR count). The van der Waals surface area contributed by atoms with Crippen molar-refractivity contribution < 1.29 is 32.2 Å². The van der Waals surface area contributed by atoms with Gasteiger partial charge in [0, 0.05) is 22.3 Å². The van der Waals surface area contributed by atoms with Crippen molar-refractivity contribution in [1.29, 1.82) is 0 Å². The van der Waals surface area contributed by atoms with Gasteiger partial charge in [0.1, 0.15) is 23.0 Å². The maximum absolute atomic E-state index is 13.2. The molecule has 31 heavy (non-hydrogen) atoms. The molecular formula is C23H24O7S. The first-order valence-electron chi connectivity index (χ1n) is 9.40. The molecule has 0 radical (unpaired) electrons. The molecule has 1 aliphatic rings. The molecule has 164 valence electrons. The minimum absolute atomic E-state index is 0.158. The van der Waals surface area contributed by atoms with E-state index in [0.29, 0.717) is 34.1 Å². The van der Waals surface area contributed by atoms with Crippen molar-refractivity contribution in [2.45, 2.75) is 0 Å². The summed E-state index contributed by atoms with van der Waals surface area (Å²) in [4.78, 5) is 13.2. The number of methoxy groups -OCH3 is 4. The molecule has 0 atom stereocenters. The Bertz CT molecular complexity index is 1080. The second kappa shape index (κ2) is 9.26. The quantitative estimate of drug-likeness (QED) is 0.632. The molecule has 1 heterocycles. The van der Waals surface area contributed by atoms with Crippen LogP contribution in [0.25, 0.3) is 12.2 Å². The summed E-state index contributed by atoms with van der Waals surface area (Å²) in [6, 6.07) is 10.2. The predicted octanol–water partition coefficient (Wildman–Crippen LogP) is 3.19. The lowest BCUT2D eigenvalue weighted by Crippen LogP contribution is -2.28. The van der Waals surface area contributed by atoms with Crippen LogP contribution >= 0.6 is 0 Å². The highest BCUT2D eigenvalue weighted by atomic mass is 32.2. The van der Waals surface area contributed by atoms with Gasteiger partial charge in [0.05, 0.1) is 39.9 Å². The van der Waals surface area contributed by atoms with Gasteiger partial charge in [0.15, 0.2) is 15.6 Å². The Morgan fingerprint density at radius 1 is 0.710 bits per heavy atom. The third kappa shape index (κ3) is 5.08. The molecule has 0 aromatic heterocycles. The highest BCUT2D eigenvalue weighted by Crippen LogP contribution is 2.31. The van der Waals surface area contributed by atoms with E-state index in [-0.39, 0.29) is 28.4 Å². The molecule has 7 nitrogen and oxygen atoms in total. The zero-order valence-corrected chi connectivity index (χ0v) is 18.6. The number of rotatable bonds is 6. The molecule has 1 saturated heterocycles. The van der Waals surface area contributed by atoms with Crippen LogP contribution in [0.5, 0.6) is 23.0 Å². The summed E-state index contributed by atoms with van der Waals surface area (Å²) < 4.78 is 46.4. The van der Waals surface area contributed by atoms with Gasteiger partial charge in [-0.25, -0.2) is 8.42 Å². The van der Waals surface area contributed by atoms with E-state index in [1.54, 1.807) is 36.4 Å². The minimum atomic E-state index is -3.53. The lowest BCUT2D eigenvalue weighted by molar-refractivity contribution is -0.112. The monoisotopic (exact) mass is 444 g/mol. The fraction of sp³-hybridized carbons (Fsp3) is 0.261. The van der Waals surface area contributed by atoms with Gasteiger partial charge in [0.25, 0.3) is 0 Å². The van der Waals surface area contributed by atoms with E-state index in [1.807, 2.05) is 0 Å². The van der Waals surface area contributed by atoms with Crippen LogP contribution < -0.4 is 18.9 Å². The van der Waals surface area contributed by atoms with Crippen molar-refractivity contribution in [3.05, 3.63) is 58.7 Å². The van der Waals surface area contributed by atoms with E-state index in [2.05, 4.69) is 0 Å². The normalized spacial score (nSPS) is 18.1. The lowest BCUT2D eigenvalue weighted by Gasteiger charge is -2.18. The summed E-state index contributed by atoms with van der Waals surface area (Å²) in [5.74, 6) is 1.10. The van der Waals surface area contributed by atoms with Gasteiger partial charge in [-0.05, 0) is 48.6 Å². The van der Waals surface area contributed by atoms with Crippen LogP contribution in [0.2, 0.25) is 0 Å².